The number of hydrogen-bond acceptors (Lipinski definition) is 4. The first-order valence-corrected chi connectivity index (χ1v) is 6.34. The monoisotopic (exact) mass is 284 g/mol. The van der Waals surface area contributed by atoms with Crippen molar-refractivity contribution in [3.8, 4) is 11.4 Å². The first-order valence-electron chi connectivity index (χ1n) is 6.34. The van der Waals surface area contributed by atoms with Crippen molar-refractivity contribution in [1.29, 1.82) is 0 Å². The number of nitrogens with one attached hydrogen (secondary N) is 1. The van der Waals surface area contributed by atoms with Gasteiger partial charge in [-0.25, -0.2) is 4.98 Å². The molecule has 0 unspecified atom stereocenters. The van der Waals surface area contributed by atoms with Crippen LogP contribution in [0.15, 0.2) is 39.7 Å². The Labute approximate surface area is 119 Å². The van der Waals surface area contributed by atoms with Crippen LogP contribution in [0.2, 0.25) is 0 Å². The third-order valence-electron chi connectivity index (χ3n) is 3.29. The fourth-order valence-corrected chi connectivity index (χ4v) is 2.26. The molecule has 0 aliphatic carbocycles. The van der Waals surface area contributed by atoms with Crippen LogP contribution in [0, 0.1) is 6.92 Å². The van der Waals surface area contributed by atoms with Crippen LogP contribution in [-0.2, 0) is 11.2 Å². The predicted octanol–water partition coefficient (Wildman–Crippen LogP) is 2.12. The second kappa shape index (κ2) is 4.90. The van der Waals surface area contributed by atoms with Crippen molar-refractivity contribution in [2.75, 3.05) is 0 Å². The van der Waals surface area contributed by atoms with Gasteiger partial charge in [-0.2, -0.15) is 0 Å². The van der Waals surface area contributed by atoms with Crippen molar-refractivity contribution in [2.45, 2.75) is 13.3 Å². The lowest BCUT2D eigenvalue weighted by molar-refractivity contribution is -0.136. The van der Waals surface area contributed by atoms with Gasteiger partial charge in [0.15, 0.2) is 0 Å². The van der Waals surface area contributed by atoms with Gasteiger partial charge in [-0.05, 0) is 13.0 Å². The lowest BCUT2D eigenvalue weighted by Crippen LogP contribution is -2.20. The Hall–Kier alpha value is -2.89. The van der Waals surface area contributed by atoms with Gasteiger partial charge in [0.2, 0.25) is 0 Å². The molecular formula is C15H12N2O4. The molecule has 0 aliphatic rings. The predicted molar refractivity (Wildman–Crippen MR) is 76.1 cm³/mol. The zero-order valence-corrected chi connectivity index (χ0v) is 11.2. The number of aromatic nitrogens is 2. The van der Waals surface area contributed by atoms with E-state index < -0.39 is 11.5 Å². The summed E-state index contributed by atoms with van der Waals surface area (Å²) in [7, 11) is 0. The van der Waals surface area contributed by atoms with E-state index in [1.165, 1.54) is 6.26 Å². The summed E-state index contributed by atoms with van der Waals surface area (Å²) in [6.07, 6.45) is 1.18. The summed E-state index contributed by atoms with van der Waals surface area (Å²) >= 11 is 0. The van der Waals surface area contributed by atoms with Crippen molar-refractivity contribution in [1.82, 2.24) is 9.97 Å². The third-order valence-corrected chi connectivity index (χ3v) is 3.29. The van der Waals surface area contributed by atoms with Crippen molar-refractivity contribution < 1.29 is 14.3 Å². The van der Waals surface area contributed by atoms with E-state index >= 15 is 0 Å². The molecule has 1 aromatic carbocycles. The molecule has 21 heavy (non-hydrogen) atoms. The largest absolute Gasteiger partial charge is 0.481 e. The number of nitrogens with zero attached hydrogens (tertiary/aromatic N) is 1. The highest BCUT2D eigenvalue weighted by molar-refractivity contribution is 5.91. The molecule has 2 N–H and O–H groups in total. The van der Waals surface area contributed by atoms with Crippen LogP contribution in [0.25, 0.3) is 22.4 Å². The Kier molecular flexibility index (Phi) is 3.06. The summed E-state index contributed by atoms with van der Waals surface area (Å²) < 4.78 is 5.42. The first kappa shape index (κ1) is 13.1. The number of aromatic amines is 1. The zero-order valence-electron chi connectivity index (χ0n) is 11.2. The normalized spacial score (nSPS) is 10.9. The average Bonchev–Trinajstić information content (AvgIpc) is 2.86. The summed E-state index contributed by atoms with van der Waals surface area (Å²) in [6, 6.07) is 7.41. The van der Waals surface area contributed by atoms with Crippen molar-refractivity contribution in [3.05, 3.63) is 52.1 Å². The number of rotatable bonds is 3. The van der Waals surface area contributed by atoms with E-state index in [1.807, 2.05) is 24.3 Å². The molecule has 3 aromatic rings. The van der Waals surface area contributed by atoms with Crippen LogP contribution in [0.1, 0.15) is 11.3 Å². The van der Waals surface area contributed by atoms with Gasteiger partial charge in [-0.3, -0.25) is 9.59 Å². The molecule has 0 amide bonds. The Morgan fingerprint density at radius 2 is 2.14 bits per heavy atom. The summed E-state index contributed by atoms with van der Waals surface area (Å²) in [5.41, 5.74) is 1.50. The molecule has 0 fully saturated rings. The van der Waals surface area contributed by atoms with E-state index in [9.17, 15) is 9.59 Å². The van der Waals surface area contributed by atoms with Gasteiger partial charge in [0.05, 0.1) is 12.0 Å². The van der Waals surface area contributed by atoms with E-state index in [0.29, 0.717) is 22.7 Å². The third kappa shape index (κ3) is 2.31. The van der Waals surface area contributed by atoms with Gasteiger partial charge in [0, 0.05) is 16.6 Å². The number of aliphatic carboxylic acids is 1. The second-order valence-corrected chi connectivity index (χ2v) is 4.69. The van der Waals surface area contributed by atoms with E-state index in [0.717, 1.165) is 5.39 Å². The molecule has 0 bridgehead atoms. The summed E-state index contributed by atoms with van der Waals surface area (Å²) in [6.45, 7) is 1.62. The number of benzene rings is 1. The van der Waals surface area contributed by atoms with Crippen LogP contribution in [0.5, 0.6) is 0 Å². The lowest BCUT2D eigenvalue weighted by Gasteiger charge is -2.04. The average molecular weight is 284 g/mol. The molecule has 0 radical (unpaired) electrons. The molecule has 0 saturated carbocycles. The molecule has 0 saturated heterocycles. The number of fused-ring (bicyclic) bond motifs is 1. The molecule has 0 atom stereocenters. The van der Waals surface area contributed by atoms with Crippen LogP contribution < -0.4 is 5.56 Å². The van der Waals surface area contributed by atoms with Crippen molar-refractivity contribution in [2.24, 2.45) is 0 Å². The zero-order chi connectivity index (χ0) is 15.0. The van der Waals surface area contributed by atoms with Gasteiger partial charge in [-0.1, -0.05) is 18.2 Å². The number of para-hydroxylation sites is 1. The molecule has 6 heteroatoms. The van der Waals surface area contributed by atoms with E-state index in [1.54, 1.807) is 6.92 Å². The van der Waals surface area contributed by atoms with Crippen LogP contribution in [0.4, 0.5) is 0 Å². The fourth-order valence-electron chi connectivity index (χ4n) is 2.26. The fraction of sp³-hybridized carbons (Fsp3) is 0.133. The molecule has 6 nitrogen and oxygen atoms in total. The number of carboxylic acid groups (broad SMARTS) is 1. The molecule has 0 spiro atoms. The maximum atomic E-state index is 12.0. The second-order valence-electron chi connectivity index (χ2n) is 4.69. The van der Waals surface area contributed by atoms with Crippen molar-refractivity contribution >= 4 is 16.9 Å². The molecule has 2 heterocycles. The highest BCUT2D eigenvalue weighted by atomic mass is 16.4. The SMILES string of the molecule is Cc1nc(-c2coc3ccccc23)[nH]c(=O)c1CC(=O)O. The summed E-state index contributed by atoms with van der Waals surface area (Å²) in [5.74, 6) is -0.691. The van der Waals surface area contributed by atoms with Crippen molar-refractivity contribution in [3.63, 3.8) is 0 Å². The van der Waals surface area contributed by atoms with Gasteiger partial charge < -0.3 is 14.5 Å². The maximum absolute atomic E-state index is 12.0. The number of aryl methyl sites for hydroxylation is 1. The smallest absolute Gasteiger partial charge is 0.308 e. The first-order chi connectivity index (χ1) is 10.1. The minimum Gasteiger partial charge on any atom is -0.481 e. The highest BCUT2D eigenvalue weighted by Crippen LogP contribution is 2.27. The standard InChI is InChI=1S/C15H12N2O4/c1-8-10(6-13(18)19)15(20)17-14(16-8)11-7-21-12-5-3-2-4-9(11)12/h2-5,7H,6H2,1H3,(H,18,19)(H,16,17,20). The van der Waals surface area contributed by atoms with E-state index in [4.69, 9.17) is 9.52 Å². The van der Waals surface area contributed by atoms with Gasteiger partial charge >= 0.3 is 5.97 Å². The van der Waals surface area contributed by atoms with E-state index in [-0.39, 0.29) is 12.0 Å². The quantitative estimate of drug-likeness (QED) is 0.768. The van der Waals surface area contributed by atoms with Gasteiger partial charge in [-0.15, -0.1) is 0 Å². The minimum atomic E-state index is -1.06. The number of carbonyl (C=O) groups is 1. The van der Waals surface area contributed by atoms with Gasteiger partial charge in [0.25, 0.3) is 5.56 Å². The van der Waals surface area contributed by atoms with Crippen LogP contribution >= 0.6 is 0 Å². The number of hydrogen-bond donors (Lipinski definition) is 2. The molecule has 2 aromatic heterocycles. The number of carboxylic acids is 1. The number of furan rings is 1. The van der Waals surface area contributed by atoms with Gasteiger partial charge in [0.1, 0.15) is 17.7 Å². The maximum Gasteiger partial charge on any atom is 0.308 e. The van der Waals surface area contributed by atoms with Crippen LogP contribution in [0.3, 0.4) is 0 Å². The van der Waals surface area contributed by atoms with E-state index in [2.05, 4.69) is 9.97 Å². The highest BCUT2D eigenvalue weighted by Gasteiger charge is 2.15. The Balaban J connectivity index is 2.16. The Bertz CT molecular complexity index is 892. The Morgan fingerprint density at radius 3 is 2.86 bits per heavy atom. The molecule has 106 valence electrons. The Morgan fingerprint density at radius 1 is 1.38 bits per heavy atom. The summed E-state index contributed by atoms with van der Waals surface area (Å²) in [4.78, 5) is 29.7. The summed E-state index contributed by atoms with van der Waals surface area (Å²) in [5, 5.41) is 9.65. The molecular weight excluding hydrogens is 272 g/mol. The lowest BCUT2D eigenvalue weighted by atomic mass is 10.1. The van der Waals surface area contributed by atoms with Crippen LogP contribution in [-0.4, -0.2) is 21.0 Å². The molecule has 3 rings (SSSR count). The number of H-pyrrole nitrogens is 1. The molecule has 0 aliphatic heterocycles. The topological polar surface area (TPSA) is 96.2 Å². The minimum absolute atomic E-state index is 0.166.